The van der Waals surface area contributed by atoms with Gasteiger partial charge in [0.25, 0.3) is 0 Å². The number of methoxy groups -OCH3 is 2. The van der Waals surface area contributed by atoms with Crippen LogP contribution >= 0.6 is 0 Å². The van der Waals surface area contributed by atoms with Gasteiger partial charge in [-0.1, -0.05) is 23.8 Å². The standard InChI is InChI=1S/C18H22O3/c1-12-6-7-13(2)17(8-12)18(3,19)14-9-15(20-4)11-16(10-14)21-5/h6-11,19H,1-5H3. The van der Waals surface area contributed by atoms with E-state index in [1.165, 1.54) is 0 Å². The molecule has 0 spiro atoms. The third kappa shape index (κ3) is 3.03. The van der Waals surface area contributed by atoms with Gasteiger partial charge in [0.05, 0.1) is 14.2 Å². The summed E-state index contributed by atoms with van der Waals surface area (Å²) in [5.41, 5.74) is 2.68. The van der Waals surface area contributed by atoms with Gasteiger partial charge < -0.3 is 14.6 Å². The summed E-state index contributed by atoms with van der Waals surface area (Å²) < 4.78 is 10.6. The largest absolute Gasteiger partial charge is 0.497 e. The molecule has 2 aromatic carbocycles. The van der Waals surface area contributed by atoms with E-state index in [9.17, 15) is 5.11 Å². The molecule has 0 amide bonds. The summed E-state index contributed by atoms with van der Waals surface area (Å²) >= 11 is 0. The predicted octanol–water partition coefficient (Wildman–Crippen LogP) is 3.58. The maximum atomic E-state index is 11.1. The van der Waals surface area contributed by atoms with Crippen molar-refractivity contribution in [3.05, 3.63) is 58.7 Å². The number of hydrogen-bond acceptors (Lipinski definition) is 3. The normalized spacial score (nSPS) is 13.6. The van der Waals surface area contributed by atoms with E-state index in [1.807, 2.05) is 44.2 Å². The Hall–Kier alpha value is -2.00. The van der Waals surface area contributed by atoms with Crippen molar-refractivity contribution in [1.82, 2.24) is 0 Å². The topological polar surface area (TPSA) is 38.7 Å². The van der Waals surface area contributed by atoms with Crippen LogP contribution in [0.25, 0.3) is 0 Å². The van der Waals surface area contributed by atoms with Crippen LogP contribution in [0.5, 0.6) is 11.5 Å². The van der Waals surface area contributed by atoms with Crippen molar-refractivity contribution in [2.75, 3.05) is 14.2 Å². The molecule has 0 aliphatic heterocycles. The first-order valence-electron chi connectivity index (χ1n) is 6.92. The van der Waals surface area contributed by atoms with Crippen molar-refractivity contribution in [3.8, 4) is 11.5 Å². The summed E-state index contributed by atoms with van der Waals surface area (Å²) in [5, 5.41) is 11.1. The van der Waals surface area contributed by atoms with E-state index in [2.05, 4.69) is 0 Å². The van der Waals surface area contributed by atoms with Gasteiger partial charge in [0, 0.05) is 6.07 Å². The maximum Gasteiger partial charge on any atom is 0.122 e. The summed E-state index contributed by atoms with van der Waals surface area (Å²) in [7, 11) is 3.20. The van der Waals surface area contributed by atoms with E-state index in [4.69, 9.17) is 9.47 Å². The van der Waals surface area contributed by atoms with Crippen molar-refractivity contribution in [1.29, 1.82) is 0 Å². The molecule has 0 bridgehead atoms. The molecule has 1 atom stereocenters. The van der Waals surface area contributed by atoms with E-state index in [0.29, 0.717) is 11.5 Å². The highest BCUT2D eigenvalue weighted by Crippen LogP contribution is 2.36. The Morgan fingerprint density at radius 1 is 0.905 bits per heavy atom. The molecule has 0 aromatic heterocycles. The molecule has 0 fully saturated rings. The fourth-order valence-electron chi connectivity index (χ4n) is 2.50. The van der Waals surface area contributed by atoms with Crippen molar-refractivity contribution in [2.45, 2.75) is 26.4 Å². The van der Waals surface area contributed by atoms with Gasteiger partial charge in [-0.25, -0.2) is 0 Å². The number of benzene rings is 2. The molecule has 3 heteroatoms. The second-order valence-corrected chi connectivity index (χ2v) is 5.49. The lowest BCUT2D eigenvalue weighted by atomic mass is 9.84. The molecule has 0 saturated heterocycles. The Kier molecular flexibility index (Phi) is 4.24. The first kappa shape index (κ1) is 15.4. The molecule has 2 rings (SSSR count). The smallest absolute Gasteiger partial charge is 0.122 e. The van der Waals surface area contributed by atoms with Crippen LogP contribution in [0.2, 0.25) is 0 Å². The van der Waals surface area contributed by atoms with E-state index in [0.717, 1.165) is 22.3 Å². The molecule has 0 heterocycles. The van der Waals surface area contributed by atoms with Gasteiger partial charge in [-0.15, -0.1) is 0 Å². The number of aliphatic hydroxyl groups is 1. The molecule has 112 valence electrons. The van der Waals surface area contributed by atoms with Crippen molar-refractivity contribution >= 4 is 0 Å². The molecule has 0 aliphatic carbocycles. The predicted molar refractivity (Wildman–Crippen MR) is 84.1 cm³/mol. The van der Waals surface area contributed by atoms with Crippen LogP contribution in [0, 0.1) is 13.8 Å². The van der Waals surface area contributed by atoms with Crippen molar-refractivity contribution in [3.63, 3.8) is 0 Å². The summed E-state index contributed by atoms with van der Waals surface area (Å²) in [6.07, 6.45) is 0. The van der Waals surface area contributed by atoms with Crippen LogP contribution < -0.4 is 9.47 Å². The first-order valence-corrected chi connectivity index (χ1v) is 6.92. The molecular formula is C18H22O3. The van der Waals surface area contributed by atoms with Gasteiger partial charge in [0.1, 0.15) is 17.1 Å². The van der Waals surface area contributed by atoms with Crippen LogP contribution in [0.1, 0.15) is 29.2 Å². The second-order valence-electron chi connectivity index (χ2n) is 5.49. The van der Waals surface area contributed by atoms with E-state index in [-0.39, 0.29) is 0 Å². The maximum absolute atomic E-state index is 11.1. The second kappa shape index (κ2) is 5.78. The first-order chi connectivity index (χ1) is 9.88. The number of hydrogen-bond donors (Lipinski definition) is 1. The van der Waals surface area contributed by atoms with Crippen molar-refractivity contribution < 1.29 is 14.6 Å². The summed E-state index contributed by atoms with van der Waals surface area (Å²) in [6, 6.07) is 11.6. The highest BCUT2D eigenvalue weighted by atomic mass is 16.5. The van der Waals surface area contributed by atoms with Gasteiger partial charge in [-0.2, -0.15) is 0 Å². The zero-order chi connectivity index (χ0) is 15.6. The monoisotopic (exact) mass is 286 g/mol. The van der Waals surface area contributed by atoms with Crippen LogP contribution in [-0.2, 0) is 5.60 Å². The number of ether oxygens (including phenoxy) is 2. The molecule has 0 saturated carbocycles. The highest BCUT2D eigenvalue weighted by molar-refractivity contribution is 5.47. The summed E-state index contributed by atoms with van der Waals surface area (Å²) in [4.78, 5) is 0. The summed E-state index contributed by atoms with van der Waals surface area (Å²) in [6.45, 7) is 5.81. The lowest BCUT2D eigenvalue weighted by molar-refractivity contribution is 0.101. The SMILES string of the molecule is COc1cc(OC)cc(C(C)(O)c2cc(C)ccc2C)c1. The molecule has 1 unspecified atom stereocenters. The molecule has 1 N–H and O–H groups in total. The zero-order valence-corrected chi connectivity index (χ0v) is 13.2. The van der Waals surface area contributed by atoms with E-state index in [1.54, 1.807) is 27.2 Å². The Morgan fingerprint density at radius 3 is 2.00 bits per heavy atom. The lowest BCUT2D eigenvalue weighted by Gasteiger charge is -2.27. The van der Waals surface area contributed by atoms with Gasteiger partial charge in [-0.05, 0) is 49.6 Å². The van der Waals surface area contributed by atoms with Crippen molar-refractivity contribution in [2.24, 2.45) is 0 Å². The highest BCUT2D eigenvalue weighted by Gasteiger charge is 2.28. The average Bonchev–Trinajstić information content (AvgIpc) is 2.48. The number of rotatable bonds is 4. The van der Waals surface area contributed by atoms with Crippen LogP contribution in [-0.4, -0.2) is 19.3 Å². The average molecular weight is 286 g/mol. The molecular weight excluding hydrogens is 264 g/mol. The van der Waals surface area contributed by atoms with Gasteiger partial charge in [0.2, 0.25) is 0 Å². The van der Waals surface area contributed by atoms with Gasteiger partial charge in [-0.3, -0.25) is 0 Å². The Balaban J connectivity index is 2.59. The Labute approximate surface area is 126 Å². The Bertz CT molecular complexity index is 623. The third-order valence-corrected chi connectivity index (χ3v) is 3.83. The Morgan fingerprint density at radius 2 is 1.48 bits per heavy atom. The van der Waals surface area contributed by atoms with Crippen LogP contribution in [0.15, 0.2) is 36.4 Å². The lowest BCUT2D eigenvalue weighted by Crippen LogP contribution is -2.24. The summed E-state index contributed by atoms with van der Waals surface area (Å²) in [5.74, 6) is 1.32. The number of aryl methyl sites for hydroxylation is 2. The third-order valence-electron chi connectivity index (χ3n) is 3.83. The van der Waals surface area contributed by atoms with E-state index >= 15 is 0 Å². The van der Waals surface area contributed by atoms with E-state index < -0.39 is 5.60 Å². The van der Waals surface area contributed by atoms with Gasteiger partial charge in [0.15, 0.2) is 0 Å². The van der Waals surface area contributed by atoms with Crippen LogP contribution in [0.3, 0.4) is 0 Å². The minimum Gasteiger partial charge on any atom is -0.497 e. The molecule has 0 radical (unpaired) electrons. The fraction of sp³-hybridized carbons (Fsp3) is 0.333. The molecule has 21 heavy (non-hydrogen) atoms. The minimum absolute atomic E-state index is 0.662. The molecule has 2 aromatic rings. The molecule has 3 nitrogen and oxygen atoms in total. The fourth-order valence-corrected chi connectivity index (χ4v) is 2.50. The minimum atomic E-state index is -1.11. The zero-order valence-electron chi connectivity index (χ0n) is 13.2. The van der Waals surface area contributed by atoms with Gasteiger partial charge >= 0.3 is 0 Å². The molecule has 0 aliphatic rings. The quantitative estimate of drug-likeness (QED) is 0.933. The van der Waals surface area contributed by atoms with Crippen LogP contribution in [0.4, 0.5) is 0 Å².